The Labute approximate surface area is 74.6 Å². The Morgan fingerprint density at radius 1 is 1.33 bits per heavy atom. The van der Waals surface area contributed by atoms with Gasteiger partial charge in [0, 0.05) is 6.04 Å². The van der Waals surface area contributed by atoms with Crippen LogP contribution in [0.4, 0.5) is 0 Å². The van der Waals surface area contributed by atoms with Crippen molar-refractivity contribution in [2.75, 3.05) is 6.61 Å². The number of rotatable bonds is 1. The Kier molecular flexibility index (Phi) is 2.66. The molecule has 2 fully saturated rings. The minimum atomic E-state index is 0.664. The lowest BCUT2D eigenvalue weighted by atomic mass is 9.75. The van der Waals surface area contributed by atoms with Crippen molar-refractivity contribution in [1.82, 2.24) is 5.48 Å². The zero-order valence-corrected chi connectivity index (χ0v) is 7.88. The van der Waals surface area contributed by atoms with Crippen molar-refractivity contribution in [3.63, 3.8) is 0 Å². The minimum Gasteiger partial charge on any atom is -0.301 e. The van der Waals surface area contributed by atoms with E-state index in [0.29, 0.717) is 6.04 Å². The molecule has 1 aliphatic carbocycles. The standard InChI is InChI=1S/C10H19NO/c1-2-8-7-12-11-10-6-4-3-5-9(8)10/h8-11H,2-7H2,1H3. The molecule has 2 nitrogen and oxygen atoms in total. The summed E-state index contributed by atoms with van der Waals surface area (Å²) >= 11 is 0. The molecule has 2 rings (SSSR count). The molecular weight excluding hydrogens is 150 g/mol. The van der Waals surface area contributed by atoms with Gasteiger partial charge < -0.3 is 4.84 Å². The van der Waals surface area contributed by atoms with Gasteiger partial charge in [0.2, 0.25) is 0 Å². The highest BCUT2D eigenvalue weighted by atomic mass is 16.6. The van der Waals surface area contributed by atoms with E-state index in [2.05, 4.69) is 12.4 Å². The first kappa shape index (κ1) is 8.52. The summed E-state index contributed by atoms with van der Waals surface area (Å²) < 4.78 is 0. The van der Waals surface area contributed by atoms with Gasteiger partial charge in [-0.05, 0) is 24.7 Å². The second-order valence-corrected chi connectivity index (χ2v) is 4.15. The Morgan fingerprint density at radius 3 is 3.00 bits per heavy atom. The van der Waals surface area contributed by atoms with Crippen molar-refractivity contribution >= 4 is 0 Å². The first-order chi connectivity index (χ1) is 5.92. The highest BCUT2D eigenvalue weighted by Gasteiger charge is 2.34. The van der Waals surface area contributed by atoms with Gasteiger partial charge in [0.1, 0.15) is 0 Å². The van der Waals surface area contributed by atoms with E-state index in [1.807, 2.05) is 0 Å². The molecule has 3 atom stereocenters. The Balaban J connectivity index is 1.99. The lowest BCUT2D eigenvalue weighted by Gasteiger charge is -2.41. The molecule has 2 aliphatic rings. The summed E-state index contributed by atoms with van der Waals surface area (Å²) in [5.74, 6) is 1.72. The van der Waals surface area contributed by atoms with Crippen LogP contribution in [0.15, 0.2) is 0 Å². The fourth-order valence-electron chi connectivity index (χ4n) is 2.68. The molecule has 1 aliphatic heterocycles. The monoisotopic (exact) mass is 169 g/mol. The van der Waals surface area contributed by atoms with Crippen LogP contribution >= 0.6 is 0 Å². The number of hydrogen-bond donors (Lipinski definition) is 1. The van der Waals surface area contributed by atoms with Crippen LogP contribution in [0.3, 0.4) is 0 Å². The molecule has 0 radical (unpaired) electrons. The van der Waals surface area contributed by atoms with E-state index in [1.54, 1.807) is 0 Å². The molecule has 0 spiro atoms. The summed E-state index contributed by atoms with van der Waals surface area (Å²) in [6.07, 6.45) is 6.83. The van der Waals surface area contributed by atoms with Crippen LogP contribution in [-0.2, 0) is 4.84 Å². The average Bonchev–Trinajstić information content (AvgIpc) is 2.17. The predicted molar refractivity (Wildman–Crippen MR) is 48.6 cm³/mol. The maximum absolute atomic E-state index is 5.39. The van der Waals surface area contributed by atoms with Crippen LogP contribution < -0.4 is 5.48 Å². The van der Waals surface area contributed by atoms with Gasteiger partial charge in [0.15, 0.2) is 0 Å². The topological polar surface area (TPSA) is 21.3 Å². The molecule has 70 valence electrons. The Hall–Kier alpha value is -0.0800. The lowest BCUT2D eigenvalue weighted by Crippen LogP contribution is -2.48. The molecule has 0 amide bonds. The zero-order chi connectivity index (χ0) is 8.39. The van der Waals surface area contributed by atoms with Crippen molar-refractivity contribution in [3.8, 4) is 0 Å². The fourth-order valence-corrected chi connectivity index (χ4v) is 2.68. The molecule has 1 saturated carbocycles. The fraction of sp³-hybridized carbons (Fsp3) is 1.00. The van der Waals surface area contributed by atoms with Crippen LogP contribution in [0.25, 0.3) is 0 Å². The summed E-state index contributed by atoms with van der Waals surface area (Å²) in [4.78, 5) is 5.39. The van der Waals surface area contributed by atoms with Gasteiger partial charge in [-0.1, -0.05) is 26.2 Å². The van der Waals surface area contributed by atoms with E-state index in [1.165, 1.54) is 32.1 Å². The smallest absolute Gasteiger partial charge is 0.0713 e. The highest BCUT2D eigenvalue weighted by molar-refractivity contribution is 4.85. The van der Waals surface area contributed by atoms with Gasteiger partial charge in [-0.2, -0.15) is 5.48 Å². The second-order valence-electron chi connectivity index (χ2n) is 4.15. The summed E-state index contributed by atoms with van der Waals surface area (Å²) in [7, 11) is 0. The predicted octanol–water partition coefficient (Wildman–Crippen LogP) is 2.11. The lowest BCUT2D eigenvalue weighted by molar-refractivity contribution is -0.0934. The van der Waals surface area contributed by atoms with Gasteiger partial charge in [-0.15, -0.1) is 0 Å². The number of nitrogens with one attached hydrogen (secondary N) is 1. The zero-order valence-electron chi connectivity index (χ0n) is 7.88. The van der Waals surface area contributed by atoms with E-state index >= 15 is 0 Å². The van der Waals surface area contributed by atoms with E-state index in [0.717, 1.165) is 18.4 Å². The van der Waals surface area contributed by atoms with Crippen molar-refractivity contribution in [3.05, 3.63) is 0 Å². The molecule has 0 aromatic rings. The third-order valence-corrected chi connectivity index (χ3v) is 3.48. The van der Waals surface area contributed by atoms with Crippen molar-refractivity contribution < 1.29 is 4.84 Å². The molecule has 2 heteroatoms. The highest BCUT2D eigenvalue weighted by Crippen LogP contribution is 2.34. The molecule has 0 bridgehead atoms. The molecule has 1 saturated heterocycles. The normalized spacial score (nSPS) is 42.2. The Morgan fingerprint density at radius 2 is 2.17 bits per heavy atom. The van der Waals surface area contributed by atoms with Crippen molar-refractivity contribution in [1.29, 1.82) is 0 Å². The summed E-state index contributed by atoms with van der Waals surface area (Å²) in [5.41, 5.74) is 3.19. The minimum absolute atomic E-state index is 0.664. The molecule has 1 heterocycles. The third-order valence-electron chi connectivity index (χ3n) is 3.48. The summed E-state index contributed by atoms with van der Waals surface area (Å²) in [6.45, 7) is 3.21. The quantitative estimate of drug-likeness (QED) is 0.649. The van der Waals surface area contributed by atoms with Crippen LogP contribution in [0.2, 0.25) is 0 Å². The van der Waals surface area contributed by atoms with Crippen molar-refractivity contribution in [2.24, 2.45) is 11.8 Å². The van der Waals surface area contributed by atoms with E-state index in [-0.39, 0.29) is 0 Å². The van der Waals surface area contributed by atoms with Crippen LogP contribution in [0, 0.1) is 11.8 Å². The van der Waals surface area contributed by atoms with E-state index < -0.39 is 0 Å². The molecular formula is C10H19NO. The average molecular weight is 169 g/mol. The van der Waals surface area contributed by atoms with Crippen molar-refractivity contribution in [2.45, 2.75) is 45.1 Å². The van der Waals surface area contributed by atoms with E-state index in [4.69, 9.17) is 4.84 Å². The largest absolute Gasteiger partial charge is 0.301 e. The van der Waals surface area contributed by atoms with Crippen LogP contribution in [0.5, 0.6) is 0 Å². The molecule has 12 heavy (non-hydrogen) atoms. The SMILES string of the molecule is CCC1CONC2CCCCC12. The van der Waals surface area contributed by atoms with Crippen LogP contribution in [-0.4, -0.2) is 12.6 Å². The van der Waals surface area contributed by atoms with Gasteiger partial charge in [0.05, 0.1) is 6.61 Å². The molecule has 0 aromatic carbocycles. The molecule has 1 N–H and O–H groups in total. The van der Waals surface area contributed by atoms with Gasteiger partial charge in [0.25, 0.3) is 0 Å². The maximum atomic E-state index is 5.39. The Bertz CT molecular complexity index is 140. The maximum Gasteiger partial charge on any atom is 0.0713 e. The summed E-state index contributed by atoms with van der Waals surface area (Å²) in [6, 6.07) is 0.664. The first-order valence-electron chi connectivity index (χ1n) is 5.29. The summed E-state index contributed by atoms with van der Waals surface area (Å²) in [5, 5.41) is 0. The van der Waals surface area contributed by atoms with Gasteiger partial charge >= 0.3 is 0 Å². The second kappa shape index (κ2) is 3.75. The number of fused-ring (bicyclic) bond motifs is 1. The van der Waals surface area contributed by atoms with Gasteiger partial charge in [-0.3, -0.25) is 0 Å². The molecule has 0 aromatic heterocycles. The van der Waals surface area contributed by atoms with Crippen LogP contribution in [0.1, 0.15) is 39.0 Å². The first-order valence-corrected chi connectivity index (χ1v) is 5.29. The van der Waals surface area contributed by atoms with E-state index in [9.17, 15) is 0 Å². The third kappa shape index (κ3) is 1.50. The number of hydrogen-bond acceptors (Lipinski definition) is 2. The molecule has 3 unspecified atom stereocenters. The number of hydroxylamine groups is 1. The van der Waals surface area contributed by atoms with Gasteiger partial charge in [-0.25, -0.2) is 0 Å².